The van der Waals surface area contributed by atoms with Crippen molar-refractivity contribution in [3.8, 4) is 16.9 Å². The summed E-state index contributed by atoms with van der Waals surface area (Å²) in [5.74, 6) is -5.14. The van der Waals surface area contributed by atoms with Gasteiger partial charge >= 0.3 is 12.3 Å². The molecule has 45 heavy (non-hydrogen) atoms. The molecule has 1 saturated heterocycles. The summed E-state index contributed by atoms with van der Waals surface area (Å²) < 4.78 is 89.9. The molecule has 0 radical (unpaired) electrons. The number of fused-ring (bicyclic) bond motifs is 2. The second-order valence-electron chi connectivity index (χ2n) is 11.1. The highest BCUT2D eigenvalue weighted by Gasteiger charge is 2.48. The van der Waals surface area contributed by atoms with Crippen LogP contribution in [-0.4, -0.2) is 51.8 Å². The Morgan fingerprint density at radius 2 is 1.73 bits per heavy atom. The fraction of sp³-hybridized carbons (Fsp3) is 0.290. The number of piperidine rings is 1. The molecule has 2 amide bonds. The van der Waals surface area contributed by atoms with Crippen LogP contribution in [0.4, 0.5) is 36.8 Å². The fourth-order valence-corrected chi connectivity index (χ4v) is 5.72. The number of alkyl halides is 5. The van der Waals surface area contributed by atoms with Crippen molar-refractivity contribution in [1.29, 1.82) is 0 Å². The molecule has 6 rings (SSSR count). The minimum absolute atomic E-state index is 0.0614. The number of ether oxygens (including phenoxy) is 1. The fourth-order valence-electron chi connectivity index (χ4n) is 5.72. The van der Waals surface area contributed by atoms with Crippen LogP contribution >= 0.6 is 0 Å². The van der Waals surface area contributed by atoms with Gasteiger partial charge in [-0.1, -0.05) is 6.07 Å². The largest absolute Gasteiger partial charge is 0.437 e. The van der Waals surface area contributed by atoms with E-state index in [2.05, 4.69) is 10.1 Å². The van der Waals surface area contributed by atoms with E-state index in [4.69, 9.17) is 4.74 Å². The maximum absolute atomic E-state index is 14.2. The first-order chi connectivity index (χ1) is 21.2. The summed E-state index contributed by atoms with van der Waals surface area (Å²) >= 11 is 0. The molecule has 4 aromatic rings. The molecule has 2 aromatic carbocycles. The summed E-state index contributed by atoms with van der Waals surface area (Å²) in [6.07, 6.45) is -2.47. The third-order valence-corrected chi connectivity index (χ3v) is 8.16. The first-order valence-electron chi connectivity index (χ1n) is 13.8. The van der Waals surface area contributed by atoms with Crippen molar-refractivity contribution in [1.82, 2.24) is 19.7 Å². The minimum atomic E-state index is -4.96. The quantitative estimate of drug-likeness (QED) is 0.229. The molecular formula is C31H25F6N5O3. The lowest BCUT2D eigenvalue weighted by molar-refractivity contribution is -0.140. The Bertz CT molecular complexity index is 1790. The van der Waals surface area contributed by atoms with Gasteiger partial charge in [0.15, 0.2) is 5.69 Å². The maximum atomic E-state index is 14.2. The number of carbonyl (C=O) groups excluding carboxylic acids is 2. The van der Waals surface area contributed by atoms with E-state index < -0.39 is 41.1 Å². The standard InChI is InChI=1S/C31H25F6N5O3/c1-29(33,34)19-5-8-25-22(14-19)30(45-28(44)40(25)2)9-12-41(13-10-30)27(43)24-16-26(18-4-3-11-38-17-18)42(39-24)20-6-7-23(32)21(15-20)31(35,36)37/h3-8,11,14-17H,9-10,12-13H2,1-2H3. The minimum Gasteiger partial charge on any atom is -0.437 e. The molecule has 0 saturated carbocycles. The van der Waals surface area contributed by atoms with Crippen molar-refractivity contribution < 1.29 is 40.7 Å². The average molecular weight is 630 g/mol. The van der Waals surface area contributed by atoms with Crippen LogP contribution in [0.15, 0.2) is 67.0 Å². The number of nitrogens with zero attached hydrogens (tertiary/aromatic N) is 5. The van der Waals surface area contributed by atoms with Gasteiger partial charge in [0.1, 0.15) is 11.4 Å². The lowest BCUT2D eigenvalue weighted by Gasteiger charge is -2.46. The second kappa shape index (κ2) is 10.6. The van der Waals surface area contributed by atoms with Gasteiger partial charge in [0.25, 0.3) is 11.8 Å². The molecule has 4 heterocycles. The van der Waals surface area contributed by atoms with E-state index in [-0.39, 0.29) is 48.6 Å². The highest BCUT2D eigenvalue weighted by molar-refractivity contribution is 5.94. The molecule has 8 nitrogen and oxygen atoms in total. The number of hydrogen-bond acceptors (Lipinski definition) is 5. The van der Waals surface area contributed by atoms with Crippen LogP contribution in [0.3, 0.4) is 0 Å². The number of aromatic nitrogens is 3. The number of halogens is 6. The number of pyridine rings is 1. The van der Waals surface area contributed by atoms with E-state index in [9.17, 15) is 35.9 Å². The third-order valence-electron chi connectivity index (χ3n) is 8.16. The van der Waals surface area contributed by atoms with Crippen molar-refractivity contribution >= 4 is 17.7 Å². The van der Waals surface area contributed by atoms with Crippen molar-refractivity contribution in [2.24, 2.45) is 0 Å². The zero-order valence-electron chi connectivity index (χ0n) is 23.9. The Balaban J connectivity index is 1.33. The molecule has 0 atom stereocenters. The molecule has 234 valence electrons. The number of carbonyl (C=O) groups is 2. The lowest BCUT2D eigenvalue weighted by Crippen LogP contribution is -2.51. The Labute approximate surface area is 252 Å². The zero-order chi connectivity index (χ0) is 32.3. The van der Waals surface area contributed by atoms with Crippen LogP contribution in [-0.2, 0) is 22.4 Å². The van der Waals surface area contributed by atoms with Gasteiger partial charge < -0.3 is 9.64 Å². The molecule has 14 heteroatoms. The topological polar surface area (TPSA) is 80.6 Å². The van der Waals surface area contributed by atoms with Crippen LogP contribution in [0.5, 0.6) is 0 Å². The van der Waals surface area contributed by atoms with Gasteiger partial charge in [0.05, 0.1) is 22.6 Å². The molecule has 0 bridgehead atoms. The predicted molar refractivity (Wildman–Crippen MR) is 149 cm³/mol. The number of hydrogen-bond donors (Lipinski definition) is 0. The molecule has 0 aliphatic carbocycles. The Morgan fingerprint density at radius 3 is 2.38 bits per heavy atom. The van der Waals surface area contributed by atoms with E-state index in [1.54, 1.807) is 12.1 Å². The number of rotatable bonds is 4. The summed E-state index contributed by atoms with van der Waals surface area (Å²) in [7, 11) is 1.48. The van der Waals surface area contributed by atoms with Crippen molar-refractivity contribution in [3.63, 3.8) is 0 Å². The molecule has 1 fully saturated rings. The summed E-state index contributed by atoms with van der Waals surface area (Å²) in [4.78, 5) is 33.2. The van der Waals surface area contributed by atoms with E-state index in [1.165, 1.54) is 53.5 Å². The zero-order valence-corrected chi connectivity index (χ0v) is 23.9. The summed E-state index contributed by atoms with van der Waals surface area (Å²) in [6, 6.07) is 11.1. The van der Waals surface area contributed by atoms with Gasteiger partial charge in [-0.25, -0.2) is 22.6 Å². The van der Waals surface area contributed by atoms with E-state index >= 15 is 0 Å². The van der Waals surface area contributed by atoms with Crippen LogP contribution in [0, 0.1) is 5.82 Å². The first kappa shape index (κ1) is 30.2. The normalized spacial score (nSPS) is 16.5. The highest BCUT2D eigenvalue weighted by Crippen LogP contribution is 2.47. The molecule has 2 aliphatic heterocycles. The molecule has 2 aromatic heterocycles. The maximum Gasteiger partial charge on any atom is 0.419 e. The summed E-state index contributed by atoms with van der Waals surface area (Å²) in [5, 5.41) is 4.32. The smallest absolute Gasteiger partial charge is 0.419 e. The van der Waals surface area contributed by atoms with Crippen molar-refractivity contribution in [2.45, 2.75) is 37.5 Å². The number of anilines is 1. The Kier molecular flexibility index (Phi) is 7.13. The van der Waals surface area contributed by atoms with Crippen molar-refractivity contribution in [3.05, 3.63) is 95.2 Å². The lowest BCUT2D eigenvalue weighted by atomic mass is 9.81. The SMILES string of the molecule is CN1C(=O)OC2(CCN(C(=O)c3cc(-c4cccnc4)n(-c4ccc(F)c(C(F)(F)F)c4)n3)CC2)c2cc(C(C)(F)F)ccc21. The number of likely N-dealkylation sites (tertiary alicyclic amines) is 1. The third kappa shape index (κ3) is 5.38. The van der Waals surface area contributed by atoms with Gasteiger partial charge in [0, 0.05) is 69.0 Å². The van der Waals surface area contributed by atoms with Gasteiger partial charge in [-0.3, -0.25) is 14.7 Å². The molecule has 1 spiro atoms. The van der Waals surface area contributed by atoms with Crippen LogP contribution < -0.4 is 4.90 Å². The van der Waals surface area contributed by atoms with E-state index in [1.807, 2.05) is 0 Å². The highest BCUT2D eigenvalue weighted by atomic mass is 19.4. The Hall–Kier alpha value is -4.88. The van der Waals surface area contributed by atoms with Gasteiger partial charge in [-0.15, -0.1) is 0 Å². The predicted octanol–water partition coefficient (Wildman–Crippen LogP) is 6.92. The molecule has 0 unspecified atom stereocenters. The molecular weight excluding hydrogens is 604 g/mol. The van der Waals surface area contributed by atoms with Gasteiger partial charge in [0.2, 0.25) is 0 Å². The van der Waals surface area contributed by atoms with E-state index in [0.29, 0.717) is 28.9 Å². The monoisotopic (exact) mass is 629 g/mol. The first-order valence-corrected chi connectivity index (χ1v) is 13.8. The number of benzene rings is 2. The number of amides is 2. The van der Waals surface area contributed by atoms with Crippen LogP contribution in [0.1, 0.15) is 46.9 Å². The van der Waals surface area contributed by atoms with Crippen LogP contribution in [0.25, 0.3) is 16.9 Å². The van der Waals surface area contributed by atoms with Gasteiger partial charge in [-0.2, -0.15) is 18.3 Å². The molecule has 2 aliphatic rings. The second-order valence-corrected chi connectivity index (χ2v) is 11.1. The van der Waals surface area contributed by atoms with Gasteiger partial charge in [-0.05, 0) is 48.5 Å². The van der Waals surface area contributed by atoms with Crippen molar-refractivity contribution in [2.75, 3.05) is 25.0 Å². The average Bonchev–Trinajstić information content (AvgIpc) is 3.45. The Morgan fingerprint density at radius 1 is 1.00 bits per heavy atom. The van der Waals surface area contributed by atoms with Crippen LogP contribution in [0.2, 0.25) is 0 Å². The molecule has 0 N–H and O–H groups in total. The summed E-state index contributed by atoms with van der Waals surface area (Å²) in [6.45, 7) is 0.897. The summed E-state index contributed by atoms with van der Waals surface area (Å²) in [5.41, 5.74) is -1.68. The van der Waals surface area contributed by atoms with E-state index in [0.717, 1.165) is 17.7 Å².